The number of hydrogen-bond donors (Lipinski definition) is 1. The summed E-state index contributed by atoms with van der Waals surface area (Å²) in [6, 6.07) is -0.131. The molecule has 0 aliphatic heterocycles. The van der Waals surface area contributed by atoms with Crippen LogP contribution in [0.5, 0.6) is 0 Å². The van der Waals surface area contributed by atoms with Gasteiger partial charge in [0.25, 0.3) is 0 Å². The fraction of sp³-hybridized carbons (Fsp3) is 1.00. The Morgan fingerprint density at radius 3 is 2.58 bits per heavy atom. The number of rotatable bonds is 6. The molecule has 0 aromatic rings. The first kappa shape index (κ1) is 12.2. The average molecular weight is 216 g/mol. The van der Waals surface area contributed by atoms with Crippen molar-refractivity contribution in [1.29, 1.82) is 0 Å². The minimum absolute atomic E-state index is 0.131. The van der Waals surface area contributed by atoms with Crippen LogP contribution in [0.3, 0.4) is 0 Å². The van der Waals surface area contributed by atoms with Crippen LogP contribution in [-0.2, 0) is 14.8 Å². The molecule has 1 atom stereocenters. The maximum Gasteiger partial charge on any atom is 0.225 e. The van der Waals surface area contributed by atoms with Gasteiger partial charge in [-0.15, -0.1) is 11.6 Å². The van der Waals surface area contributed by atoms with Gasteiger partial charge in [-0.1, -0.05) is 0 Å². The molecule has 4 nitrogen and oxygen atoms in total. The van der Waals surface area contributed by atoms with Crippen molar-refractivity contribution >= 4 is 21.6 Å². The number of methoxy groups -OCH3 is 1. The summed E-state index contributed by atoms with van der Waals surface area (Å²) < 4.78 is 29.0. The van der Waals surface area contributed by atoms with Crippen LogP contribution in [0.4, 0.5) is 0 Å². The zero-order valence-corrected chi connectivity index (χ0v) is 8.78. The molecule has 0 heterocycles. The fourth-order valence-electron chi connectivity index (χ4n) is 0.692. The average Bonchev–Trinajstić information content (AvgIpc) is 2.00. The lowest BCUT2D eigenvalue weighted by molar-refractivity contribution is 0.188. The quantitative estimate of drug-likeness (QED) is 0.658. The molecular formula is C6H14ClNO3S. The van der Waals surface area contributed by atoms with Crippen LogP contribution in [0.2, 0.25) is 0 Å². The third-order valence-corrected chi connectivity index (χ3v) is 3.19. The number of hydrogen-bond acceptors (Lipinski definition) is 3. The first-order valence-electron chi connectivity index (χ1n) is 3.56. The largest absolute Gasteiger partial charge is 0.385 e. The summed E-state index contributed by atoms with van der Waals surface area (Å²) in [6.45, 7) is 2.30. The van der Waals surface area contributed by atoms with Gasteiger partial charge in [-0.25, -0.2) is 13.1 Å². The van der Waals surface area contributed by atoms with E-state index in [0.717, 1.165) is 0 Å². The smallest absolute Gasteiger partial charge is 0.225 e. The van der Waals surface area contributed by atoms with Crippen molar-refractivity contribution in [2.24, 2.45) is 0 Å². The summed E-state index contributed by atoms with van der Waals surface area (Å²) in [5.74, 6) is 0. The summed E-state index contributed by atoms with van der Waals surface area (Å²) in [5.41, 5.74) is 0. The molecule has 0 saturated heterocycles. The van der Waals surface area contributed by atoms with E-state index in [-0.39, 0.29) is 6.04 Å². The van der Waals surface area contributed by atoms with E-state index < -0.39 is 15.2 Å². The van der Waals surface area contributed by atoms with E-state index in [2.05, 4.69) is 4.72 Å². The lowest BCUT2D eigenvalue weighted by atomic mass is 10.3. The third kappa shape index (κ3) is 5.77. The molecule has 0 spiro atoms. The van der Waals surface area contributed by atoms with E-state index in [4.69, 9.17) is 16.3 Å². The molecule has 0 radical (unpaired) electrons. The second-order valence-electron chi connectivity index (χ2n) is 2.52. The van der Waals surface area contributed by atoms with Crippen molar-refractivity contribution in [1.82, 2.24) is 4.72 Å². The molecule has 0 rings (SSSR count). The normalized spacial score (nSPS) is 14.6. The lowest BCUT2D eigenvalue weighted by Gasteiger charge is -2.11. The first-order chi connectivity index (χ1) is 5.52. The molecular weight excluding hydrogens is 202 g/mol. The number of sulfonamides is 1. The molecule has 1 N–H and O–H groups in total. The minimum atomic E-state index is -3.29. The van der Waals surface area contributed by atoms with Gasteiger partial charge < -0.3 is 4.74 Å². The second-order valence-corrected chi connectivity index (χ2v) is 4.86. The highest BCUT2D eigenvalue weighted by molar-refractivity contribution is 7.90. The Morgan fingerprint density at radius 2 is 2.17 bits per heavy atom. The Hall–Kier alpha value is 0.160. The van der Waals surface area contributed by atoms with Crippen LogP contribution >= 0.6 is 11.6 Å². The monoisotopic (exact) mass is 215 g/mol. The molecule has 0 aliphatic carbocycles. The van der Waals surface area contributed by atoms with E-state index in [1.54, 1.807) is 14.0 Å². The fourth-order valence-corrected chi connectivity index (χ4v) is 1.67. The van der Waals surface area contributed by atoms with Crippen molar-refractivity contribution in [3.63, 3.8) is 0 Å². The number of alkyl halides is 1. The van der Waals surface area contributed by atoms with Gasteiger partial charge in [0.1, 0.15) is 5.21 Å². The SMILES string of the molecule is COCCC(C)NS(=O)(=O)CCl. The summed E-state index contributed by atoms with van der Waals surface area (Å²) in [4.78, 5) is 0. The van der Waals surface area contributed by atoms with Crippen molar-refractivity contribution in [3.8, 4) is 0 Å². The molecule has 74 valence electrons. The standard InChI is InChI=1S/C6H14ClNO3S/c1-6(3-4-11-2)8-12(9,10)5-7/h6,8H,3-5H2,1-2H3. The first-order valence-corrected chi connectivity index (χ1v) is 5.75. The Labute approximate surface area is 78.3 Å². The predicted molar refractivity (Wildman–Crippen MR) is 48.7 cm³/mol. The summed E-state index contributed by atoms with van der Waals surface area (Å²) in [5, 5.41) is -0.398. The van der Waals surface area contributed by atoms with Crippen LogP contribution in [0.1, 0.15) is 13.3 Å². The van der Waals surface area contributed by atoms with Gasteiger partial charge in [-0.3, -0.25) is 0 Å². The van der Waals surface area contributed by atoms with Gasteiger partial charge in [0, 0.05) is 19.8 Å². The number of halogens is 1. The molecule has 0 aromatic carbocycles. The van der Waals surface area contributed by atoms with Gasteiger partial charge >= 0.3 is 0 Å². The topological polar surface area (TPSA) is 55.4 Å². The Kier molecular flexibility index (Phi) is 5.82. The number of nitrogens with one attached hydrogen (secondary N) is 1. The van der Waals surface area contributed by atoms with Crippen molar-refractivity contribution in [2.45, 2.75) is 19.4 Å². The van der Waals surface area contributed by atoms with Crippen molar-refractivity contribution in [3.05, 3.63) is 0 Å². The van der Waals surface area contributed by atoms with Gasteiger partial charge in [0.15, 0.2) is 0 Å². The van der Waals surface area contributed by atoms with E-state index in [1.807, 2.05) is 0 Å². The molecule has 0 bridgehead atoms. The molecule has 0 aliphatic rings. The second kappa shape index (κ2) is 5.75. The van der Waals surface area contributed by atoms with Crippen molar-refractivity contribution < 1.29 is 13.2 Å². The minimum Gasteiger partial charge on any atom is -0.385 e. The lowest BCUT2D eigenvalue weighted by Crippen LogP contribution is -2.33. The van der Waals surface area contributed by atoms with E-state index >= 15 is 0 Å². The van der Waals surface area contributed by atoms with Gasteiger partial charge in [0.2, 0.25) is 10.0 Å². The zero-order valence-electron chi connectivity index (χ0n) is 7.21. The maximum absolute atomic E-state index is 10.9. The van der Waals surface area contributed by atoms with Crippen LogP contribution < -0.4 is 4.72 Å². The highest BCUT2D eigenvalue weighted by Crippen LogP contribution is 1.96. The third-order valence-electron chi connectivity index (χ3n) is 1.28. The molecule has 6 heteroatoms. The van der Waals surface area contributed by atoms with E-state index in [0.29, 0.717) is 13.0 Å². The summed E-state index contributed by atoms with van der Waals surface area (Å²) >= 11 is 5.19. The van der Waals surface area contributed by atoms with Crippen molar-refractivity contribution in [2.75, 3.05) is 18.9 Å². The van der Waals surface area contributed by atoms with Gasteiger partial charge in [0.05, 0.1) is 0 Å². The summed E-state index contributed by atoms with van der Waals surface area (Å²) in [7, 11) is -1.72. The van der Waals surface area contributed by atoms with Crippen LogP contribution in [0, 0.1) is 0 Å². The van der Waals surface area contributed by atoms with Crippen LogP contribution in [0.25, 0.3) is 0 Å². The molecule has 12 heavy (non-hydrogen) atoms. The van der Waals surface area contributed by atoms with Crippen LogP contribution in [0.15, 0.2) is 0 Å². The molecule has 0 fully saturated rings. The Morgan fingerprint density at radius 1 is 1.58 bits per heavy atom. The number of ether oxygens (including phenoxy) is 1. The highest BCUT2D eigenvalue weighted by atomic mass is 35.5. The van der Waals surface area contributed by atoms with Gasteiger partial charge in [-0.05, 0) is 13.3 Å². The summed E-state index contributed by atoms with van der Waals surface area (Å²) in [6.07, 6.45) is 0.645. The molecule has 1 unspecified atom stereocenters. The Balaban J connectivity index is 3.76. The highest BCUT2D eigenvalue weighted by Gasteiger charge is 2.11. The maximum atomic E-state index is 10.9. The van der Waals surface area contributed by atoms with E-state index in [1.165, 1.54) is 0 Å². The Bertz CT molecular complexity index is 205. The van der Waals surface area contributed by atoms with E-state index in [9.17, 15) is 8.42 Å². The molecule has 0 aromatic heterocycles. The van der Waals surface area contributed by atoms with Crippen LogP contribution in [-0.4, -0.2) is 33.4 Å². The molecule has 0 saturated carbocycles. The predicted octanol–water partition coefficient (Wildman–Crippen LogP) is 0.527. The van der Waals surface area contributed by atoms with Gasteiger partial charge in [-0.2, -0.15) is 0 Å². The zero-order chi connectivity index (χ0) is 9.61. The molecule has 0 amide bonds.